The highest BCUT2D eigenvalue weighted by molar-refractivity contribution is 7.98. The molecule has 2 aromatic carbocycles. The van der Waals surface area contributed by atoms with Gasteiger partial charge in [0.15, 0.2) is 16.7 Å². The number of benzene rings is 2. The lowest BCUT2D eigenvalue weighted by Crippen LogP contribution is -2.23. The van der Waals surface area contributed by atoms with Gasteiger partial charge in [-0.05, 0) is 55.6 Å². The second-order valence-electron chi connectivity index (χ2n) is 8.88. The number of phenols is 1. The SMILES string of the molecule is COc1cc(CN(C)Cc2nnc(SCc3ccccc3C)n2C[C@@H]2CCCO2)cc(OC)c1O. The average Bonchev–Trinajstić information content (AvgIpc) is 3.50. The van der Waals surface area contributed by atoms with Gasteiger partial charge >= 0.3 is 0 Å². The lowest BCUT2D eigenvalue weighted by molar-refractivity contribution is 0.0934. The molecule has 1 fully saturated rings. The maximum atomic E-state index is 10.2. The smallest absolute Gasteiger partial charge is 0.200 e. The normalized spacial score (nSPS) is 15.6. The third kappa shape index (κ3) is 6.28. The van der Waals surface area contributed by atoms with E-state index < -0.39 is 0 Å². The van der Waals surface area contributed by atoms with Crippen molar-refractivity contribution >= 4 is 11.8 Å². The maximum absolute atomic E-state index is 10.2. The van der Waals surface area contributed by atoms with Gasteiger partial charge in [0, 0.05) is 18.9 Å². The van der Waals surface area contributed by atoms with E-state index >= 15 is 0 Å². The maximum Gasteiger partial charge on any atom is 0.200 e. The minimum Gasteiger partial charge on any atom is -0.502 e. The van der Waals surface area contributed by atoms with Crippen LogP contribution < -0.4 is 9.47 Å². The summed E-state index contributed by atoms with van der Waals surface area (Å²) in [6.45, 7) is 4.97. The molecule has 0 spiro atoms. The van der Waals surface area contributed by atoms with Gasteiger partial charge in [-0.15, -0.1) is 10.2 Å². The van der Waals surface area contributed by atoms with Gasteiger partial charge in [-0.1, -0.05) is 36.0 Å². The van der Waals surface area contributed by atoms with Crippen LogP contribution in [-0.2, 0) is 30.1 Å². The minimum atomic E-state index is 0.00743. The van der Waals surface area contributed by atoms with Crippen molar-refractivity contribution in [3.05, 3.63) is 58.9 Å². The van der Waals surface area contributed by atoms with Crippen molar-refractivity contribution in [3.63, 3.8) is 0 Å². The summed E-state index contributed by atoms with van der Waals surface area (Å²) >= 11 is 1.72. The van der Waals surface area contributed by atoms with E-state index in [1.165, 1.54) is 25.3 Å². The van der Waals surface area contributed by atoms with Crippen molar-refractivity contribution in [3.8, 4) is 17.2 Å². The van der Waals surface area contributed by atoms with Crippen molar-refractivity contribution < 1.29 is 19.3 Å². The summed E-state index contributed by atoms with van der Waals surface area (Å²) in [5.74, 6) is 2.55. The van der Waals surface area contributed by atoms with E-state index in [2.05, 4.69) is 50.9 Å². The van der Waals surface area contributed by atoms with Gasteiger partial charge in [0.25, 0.3) is 0 Å². The molecule has 8 nitrogen and oxygen atoms in total. The van der Waals surface area contributed by atoms with Gasteiger partial charge in [0.05, 0.1) is 33.4 Å². The molecule has 1 N–H and O–H groups in total. The topological polar surface area (TPSA) is 81.9 Å². The van der Waals surface area contributed by atoms with Gasteiger partial charge in [0.2, 0.25) is 5.75 Å². The number of phenolic OH excluding ortho intramolecular Hbond substituents is 1. The lowest BCUT2D eigenvalue weighted by Gasteiger charge is -2.20. The van der Waals surface area contributed by atoms with Crippen LogP contribution in [0.15, 0.2) is 41.6 Å². The number of methoxy groups -OCH3 is 2. The molecule has 4 rings (SSSR count). The first-order chi connectivity index (χ1) is 17.0. The fourth-order valence-corrected chi connectivity index (χ4v) is 5.32. The molecule has 1 aliphatic rings. The largest absolute Gasteiger partial charge is 0.502 e. The van der Waals surface area contributed by atoms with E-state index in [0.717, 1.165) is 48.3 Å². The molecule has 2 heterocycles. The number of hydrogen-bond acceptors (Lipinski definition) is 8. The second-order valence-corrected chi connectivity index (χ2v) is 9.82. The fourth-order valence-electron chi connectivity index (χ4n) is 4.28. The van der Waals surface area contributed by atoms with Crippen LogP contribution in [-0.4, -0.2) is 58.7 Å². The molecular formula is C26H34N4O4S. The molecule has 0 aliphatic carbocycles. The van der Waals surface area contributed by atoms with E-state index in [9.17, 15) is 5.11 Å². The number of ether oxygens (including phenoxy) is 3. The molecule has 1 aromatic heterocycles. The zero-order valence-electron chi connectivity index (χ0n) is 20.9. The van der Waals surface area contributed by atoms with E-state index in [1.54, 1.807) is 11.8 Å². The molecule has 0 amide bonds. The average molecular weight is 499 g/mol. The first kappa shape index (κ1) is 25.3. The molecule has 1 atom stereocenters. The Hall–Kier alpha value is -2.75. The number of aromatic hydroxyl groups is 1. The molecule has 188 valence electrons. The molecular weight excluding hydrogens is 464 g/mol. The fraction of sp³-hybridized carbons (Fsp3) is 0.462. The van der Waals surface area contributed by atoms with Gasteiger partial charge in [0.1, 0.15) is 5.82 Å². The van der Waals surface area contributed by atoms with Gasteiger partial charge in [-0.3, -0.25) is 4.90 Å². The summed E-state index contributed by atoms with van der Waals surface area (Å²) in [7, 11) is 5.11. The Labute approximate surface area is 211 Å². The second kappa shape index (κ2) is 11.8. The number of rotatable bonds is 11. The van der Waals surface area contributed by atoms with Crippen LogP contribution in [0.5, 0.6) is 17.2 Å². The predicted octanol–water partition coefficient (Wildman–Crippen LogP) is 4.41. The van der Waals surface area contributed by atoms with E-state index in [1.807, 2.05) is 19.2 Å². The Morgan fingerprint density at radius 3 is 2.54 bits per heavy atom. The van der Waals surface area contributed by atoms with Gasteiger partial charge < -0.3 is 23.9 Å². The molecule has 1 saturated heterocycles. The third-order valence-electron chi connectivity index (χ3n) is 6.23. The highest BCUT2D eigenvalue weighted by atomic mass is 32.2. The Kier molecular flexibility index (Phi) is 8.54. The predicted molar refractivity (Wildman–Crippen MR) is 136 cm³/mol. The highest BCUT2D eigenvalue weighted by Gasteiger charge is 2.22. The third-order valence-corrected chi connectivity index (χ3v) is 7.24. The highest BCUT2D eigenvalue weighted by Crippen LogP contribution is 2.37. The van der Waals surface area contributed by atoms with E-state index in [4.69, 9.17) is 14.2 Å². The molecule has 0 radical (unpaired) electrons. The number of aromatic nitrogens is 3. The summed E-state index contributed by atoms with van der Waals surface area (Å²) < 4.78 is 18.8. The Bertz CT molecular complexity index is 1110. The van der Waals surface area contributed by atoms with Crippen molar-refractivity contribution in [2.45, 2.75) is 56.4 Å². The summed E-state index contributed by atoms with van der Waals surface area (Å²) in [6.07, 6.45) is 2.35. The molecule has 1 aliphatic heterocycles. The lowest BCUT2D eigenvalue weighted by atomic mass is 10.1. The van der Waals surface area contributed by atoms with Crippen molar-refractivity contribution in [1.29, 1.82) is 0 Å². The first-order valence-electron chi connectivity index (χ1n) is 11.8. The van der Waals surface area contributed by atoms with Crippen LogP contribution >= 0.6 is 11.8 Å². The van der Waals surface area contributed by atoms with Crippen LogP contribution in [0.4, 0.5) is 0 Å². The summed E-state index contributed by atoms with van der Waals surface area (Å²) in [6, 6.07) is 12.1. The zero-order valence-corrected chi connectivity index (χ0v) is 21.7. The standard InChI is InChI=1S/C26H34N4O4S/c1-18-8-5-6-9-20(18)17-35-26-28-27-24(30(26)15-21-10-7-11-34-21)16-29(2)14-19-12-22(32-3)25(31)23(13-19)33-4/h5-6,8-9,12-13,21,31H,7,10-11,14-17H2,1-4H3/t21-/m0/s1. The summed E-state index contributed by atoms with van der Waals surface area (Å²) in [5, 5.41) is 20.2. The zero-order chi connectivity index (χ0) is 24.8. The molecule has 0 bridgehead atoms. The first-order valence-corrected chi connectivity index (χ1v) is 12.8. The van der Waals surface area contributed by atoms with Crippen LogP contribution in [0.1, 0.15) is 35.4 Å². The molecule has 35 heavy (non-hydrogen) atoms. The van der Waals surface area contributed by atoms with E-state index in [0.29, 0.717) is 24.6 Å². The Morgan fingerprint density at radius 2 is 1.89 bits per heavy atom. The molecule has 3 aromatic rings. The minimum absolute atomic E-state index is 0.00743. The number of hydrogen-bond donors (Lipinski definition) is 1. The van der Waals surface area contributed by atoms with Crippen LogP contribution in [0.2, 0.25) is 0 Å². The monoisotopic (exact) mass is 498 g/mol. The van der Waals surface area contributed by atoms with Crippen molar-refractivity contribution in [2.24, 2.45) is 0 Å². The van der Waals surface area contributed by atoms with Crippen LogP contribution in [0, 0.1) is 6.92 Å². The van der Waals surface area contributed by atoms with Gasteiger partial charge in [-0.25, -0.2) is 0 Å². The number of aryl methyl sites for hydroxylation is 1. The number of thioether (sulfide) groups is 1. The quantitative estimate of drug-likeness (QED) is 0.389. The summed E-state index contributed by atoms with van der Waals surface area (Å²) in [5.41, 5.74) is 3.56. The van der Waals surface area contributed by atoms with Crippen molar-refractivity contribution in [1.82, 2.24) is 19.7 Å². The van der Waals surface area contributed by atoms with Crippen molar-refractivity contribution in [2.75, 3.05) is 27.9 Å². The molecule has 0 unspecified atom stereocenters. The van der Waals surface area contributed by atoms with E-state index in [-0.39, 0.29) is 11.9 Å². The Balaban J connectivity index is 1.50. The van der Waals surface area contributed by atoms with Crippen LogP contribution in [0.25, 0.3) is 0 Å². The molecule has 0 saturated carbocycles. The van der Waals surface area contributed by atoms with Crippen LogP contribution in [0.3, 0.4) is 0 Å². The molecule has 9 heteroatoms. The Morgan fingerprint density at radius 1 is 1.14 bits per heavy atom. The number of nitrogens with zero attached hydrogens (tertiary/aromatic N) is 4. The summed E-state index contributed by atoms with van der Waals surface area (Å²) in [4.78, 5) is 2.16. The van der Waals surface area contributed by atoms with Gasteiger partial charge in [-0.2, -0.15) is 0 Å².